The van der Waals surface area contributed by atoms with E-state index >= 15 is 0 Å². The Hall–Kier alpha value is -2.44. The Morgan fingerprint density at radius 1 is 1.22 bits per heavy atom. The molecule has 0 aromatic heterocycles. The zero-order chi connectivity index (χ0) is 19.9. The Morgan fingerprint density at radius 2 is 1.93 bits per heavy atom. The van der Waals surface area contributed by atoms with Crippen molar-refractivity contribution in [2.75, 3.05) is 13.2 Å². The number of halogens is 1. The fourth-order valence-electron chi connectivity index (χ4n) is 3.33. The lowest BCUT2D eigenvalue weighted by Crippen LogP contribution is -2.43. The van der Waals surface area contributed by atoms with Gasteiger partial charge in [0.15, 0.2) is 6.61 Å². The molecule has 0 atom stereocenters. The second-order valence-electron chi connectivity index (χ2n) is 7.36. The predicted octanol–water partition coefficient (Wildman–Crippen LogP) is 3.05. The molecule has 0 radical (unpaired) electrons. The van der Waals surface area contributed by atoms with Crippen LogP contribution in [0.5, 0.6) is 0 Å². The normalized spacial score (nSPS) is 15.4. The summed E-state index contributed by atoms with van der Waals surface area (Å²) in [5, 5.41) is 4.71. The minimum absolute atomic E-state index is 0.414. The van der Waals surface area contributed by atoms with Gasteiger partial charge < -0.3 is 10.1 Å². The van der Waals surface area contributed by atoms with Crippen LogP contribution in [0.1, 0.15) is 51.5 Å². The van der Waals surface area contributed by atoms with Gasteiger partial charge in [-0.15, -0.1) is 0 Å². The van der Waals surface area contributed by atoms with E-state index in [1.807, 2.05) is 13.8 Å². The molecule has 7 heteroatoms. The monoisotopic (exact) mass is 378 g/mol. The number of esters is 1. The van der Waals surface area contributed by atoms with Crippen LogP contribution in [0.2, 0.25) is 0 Å². The van der Waals surface area contributed by atoms with Crippen LogP contribution in [-0.4, -0.2) is 31.1 Å². The van der Waals surface area contributed by atoms with Crippen molar-refractivity contribution in [1.82, 2.24) is 10.6 Å². The van der Waals surface area contributed by atoms with Gasteiger partial charge in [-0.3, -0.25) is 14.9 Å². The zero-order valence-electron chi connectivity index (χ0n) is 15.8. The second-order valence-corrected chi connectivity index (χ2v) is 7.36. The van der Waals surface area contributed by atoms with Crippen molar-refractivity contribution in [3.05, 3.63) is 35.6 Å². The number of benzene rings is 1. The fraction of sp³-hybridized carbons (Fsp3) is 0.550. The van der Waals surface area contributed by atoms with Gasteiger partial charge in [-0.25, -0.2) is 9.18 Å². The zero-order valence-corrected chi connectivity index (χ0v) is 15.8. The molecule has 2 rings (SSSR count). The molecule has 2 N–H and O–H groups in total. The van der Waals surface area contributed by atoms with Gasteiger partial charge in [0.05, 0.1) is 5.41 Å². The highest BCUT2D eigenvalue weighted by Crippen LogP contribution is 2.42. The third kappa shape index (κ3) is 5.77. The maximum Gasteiger partial charge on any atom is 0.321 e. The van der Waals surface area contributed by atoms with E-state index < -0.39 is 35.7 Å². The number of carbonyl (C=O) groups excluding carboxylic acids is 3. The van der Waals surface area contributed by atoms with Crippen molar-refractivity contribution in [3.63, 3.8) is 0 Å². The molecule has 1 saturated carbocycles. The molecular formula is C20H27FN2O4. The highest BCUT2D eigenvalue weighted by molar-refractivity contribution is 5.96. The highest BCUT2D eigenvalue weighted by Gasteiger charge is 2.44. The minimum atomic E-state index is -0.929. The standard InChI is InChI=1S/C20H27FN2O4/c1-14(2)8-11-22-19(26)23-17(24)13-27-18(25)20(9-3-4-10-20)15-6-5-7-16(21)12-15/h5-7,12,14H,3-4,8-11,13H2,1-2H3,(H2,22,23,24,26). The minimum Gasteiger partial charge on any atom is -0.455 e. The molecule has 0 unspecified atom stereocenters. The first-order valence-corrected chi connectivity index (χ1v) is 9.34. The van der Waals surface area contributed by atoms with Crippen molar-refractivity contribution < 1.29 is 23.5 Å². The summed E-state index contributed by atoms with van der Waals surface area (Å²) in [7, 11) is 0. The number of urea groups is 1. The molecule has 1 fully saturated rings. The van der Waals surface area contributed by atoms with Crippen LogP contribution in [0.3, 0.4) is 0 Å². The first-order chi connectivity index (χ1) is 12.8. The molecule has 0 saturated heterocycles. The molecule has 0 spiro atoms. The van der Waals surface area contributed by atoms with Gasteiger partial charge in [0.1, 0.15) is 5.82 Å². The quantitative estimate of drug-likeness (QED) is 0.714. The lowest BCUT2D eigenvalue weighted by molar-refractivity contribution is -0.154. The van der Waals surface area contributed by atoms with E-state index in [1.54, 1.807) is 12.1 Å². The van der Waals surface area contributed by atoms with Crippen LogP contribution < -0.4 is 10.6 Å². The lowest BCUT2D eigenvalue weighted by atomic mass is 9.79. The summed E-state index contributed by atoms with van der Waals surface area (Å²) in [6, 6.07) is 5.32. The van der Waals surface area contributed by atoms with Gasteiger partial charge in [-0.2, -0.15) is 0 Å². The Kier molecular flexibility index (Phi) is 7.33. The van der Waals surface area contributed by atoms with Crippen molar-refractivity contribution in [3.8, 4) is 0 Å². The molecule has 0 aliphatic heterocycles. The van der Waals surface area contributed by atoms with Gasteiger partial charge in [0.25, 0.3) is 5.91 Å². The number of imide groups is 1. The van der Waals surface area contributed by atoms with Crippen LogP contribution in [0, 0.1) is 11.7 Å². The third-order valence-electron chi connectivity index (χ3n) is 4.82. The van der Waals surface area contributed by atoms with Crippen molar-refractivity contribution in [2.45, 2.75) is 51.4 Å². The number of hydrogen-bond acceptors (Lipinski definition) is 4. The fourth-order valence-corrected chi connectivity index (χ4v) is 3.33. The van der Waals surface area contributed by atoms with Gasteiger partial charge in [0.2, 0.25) is 0 Å². The molecule has 3 amide bonds. The third-order valence-corrected chi connectivity index (χ3v) is 4.82. The summed E-state index contributed by atoms with van der Waals surface area (Å²) >= 11 is 0. The first kappa shape index (κ1) is 20.9. The molecular weight excluding hydrogens is 351 g/mol. The number of carbonyl (C=O) groups is 3. The van der Waals surface area contributed by atoms with Crippen LogP contribution in [0.4, 0.5) is 9.18 Å². The molecule has 6 nitrogen and oxygen atoms in total. The molecule has 1 aliphatic carbocycles. The van der Waals surface area contributed by atoms with Gasteiger partial charge in [-0.05, 0) is 42.9 Å². The summed E-state index contributed by atoms with van der Waals surface area (Å²) in [5.74, 6) is -1.23. The molecule has 148 valence electrons. The SMILES string of the molecule is CC(C)CCNC(=O)NC(=O)COC(=O)C1(c2cccc(F)c2)CCCC1. The van der Waals surface area contributed by atoms with Gasteiger partial charge in [-0.1, -0.05) is 38.8 Å². The average Bonchev–Trinajstić information content (AvgIpc) is 3.10. The number of nitrogens with one attached hydrogen (secondary N) is 2. The maximum absolute atomic E-state index is 13.6. The van der Waals surface area contributed by atoms with E-state index in [9.17, 15) is 18.8 Å². The predicted molar refractivity (Wildman–Crippen MR) is 98.5 cm³/mol. The highest BCUT2D eigenvalue weighted by atomic mass is 19.1. The topological polar surface area (TPSA) is 84.5 Å². The van der Waals surface area contributed by atoms with E-state index in [4.69, 9.17) is 4.74 Å². The molecule has 27 heavy (non-hydrogen) atoms. The molecule has 1 aliphatic rings. The number of rotatable bonds is 7. The Morgan fingerprint density at radius 3 is 2.56 bits per heavy atom. The molecule has 1 aromatic carbocycles. The Labute approximate surface area is 158 Å². The van der Waals surface area contributed by atoms with Crippen molar-refractivity contribution in [2.24, 2.45) is 5.92 Å². The lowest BCUT2D eigenvalue weighted by Gasteiger charge is -2.27. The van der Waals surface area contributed by atoms with Crippen LogP contribution in [0.25, 0.3) is 0 Å². The van der Waals surface area contributed by atoms with E-state index in [1.165, 1.54) is 12.1 Å². The van der Waals surface area contributed by atoms with Crippen LogP contribution in [0.15, 0.2) is 24.3 Å². The number of ether oxygens (including phenoxy) is 1. The summed E-state index contributed by atoms with van der Waals surface area (Å²) in [5.41, 5.74) is -0.362. The number of amides is 3. The van der Waals surface area contributed by atoms with E-state index in [-0.39, 0.29) is 0 Å². The first-order valence-electron chi connectivity index (χ1n) is 9.34. The smallest absolute Gasteiger partial charge is 0.321 e. The van der Waals surface area contributed by atoms with Crippen molar-refractivity contribution in [1.29, 1.82) is 0 Å². The number of hydrogen-bond donors (Lipinski definition) is 2. The molecule has 0 heterocycles. The molecule has 0 bridgehead atoms. The summed E-state index contributed by atoms with van der Waals surface area (Å²) in [6.07, 6.45) is 3.55. The van der Waals surface area contributed by atoms with E-state index in [2.05, 4.69) is 10.6 Å². The summed E-state index contributed by atoms with van der Waals surface area (Å²) in [6.45, 7) is 3.97. The summed E-state index contributed by atoms with van der Waals surface area (Å²) < 4.78 is 18.8. The molecule has 1 aromatic rings. The maximum atomic E-state index is 13.6. The van der Waals surface area contributed by atoms with E-state index in [0.717, 1.165) is 19.3 Å². The average molecular weight is 378 g/mol. The van der Waals surface area contributed by atoms with Crippen LogP contribution >= 0.6 is 0 Å². The van der Waals surface area contributed by atoms with E-state index in [0.29, 0.717) is 30.9 Å². The summed E-state index contributed by atoms with van der Waals surface area (Å²) in [4.78, 5) is 36.2. The largest absolute Gasteiger partial charge is 0.455 e. The van der Waals surface area contributed by atoms with Crippen molar-refractivity contribution >= 4 is 17.9 Å². The Bertz CT molecular complexity index is 684. The van der Waals surface area contributed by atoms with Gasteiger partial charge in [0, 0.05) is 6.54 Å². The van der Waals surface area contributed by atoms with Crippen LogP contribution in [-0.2, 0) is 19.7 Å². The second kappa shape index (κ2) is 9.48. The van der Waals surface area contributed by atoms with Gasteiger partial charge >= 0.3 is 12.0 Å². The Balaban J connectivity index is 1.89.